The third kappa shape index (κ3) is 3.63. The van der Waals surface area contributed by atoms with Crippen LogP contribution in [0, 0.1) is 0 Å². The van der Waals surface area contributed by atoms with Crippen LogP contribution in [0.2, 0.25) is 0 Å². The Bertz CT molecular complexity index is 983. The van der Waals surface area contributed by atoms with Gasteiger partial charge in [0.15, 0.2) is 11.5 Å². The zero-order chi connectivity index (χ0) is 19.6. The second kappa shape index (κ2) is 7.71. The SMILES string of the molecule is COc1cc2c(cc1-c1cn(C3CCN(Cc4ccccn4)CC3)nn1)OCO2. The second-order valence-electron chi connectivity index (χ2n) is 7.32. The van der Waals surface area contributed by atoms with E-state index in [1.807, 2.05) is 41.3 Å². The number of ether oxygens (including phenoxy) is 3. The van der Waals surface area contributed by atoms with Gasteiger partial charge in [0.1, 0.15) is 11.4 Å². The van der Waals surface area contributed by atoms with Crippen molar-refractivity contribution in [2.45, 2.75) is 25.4 Å². The number of nitrogens with zero attached hydrogens (tertiary/aromatic N) is 5. The molecule has 0 N–H and O–H groups in total. The number of rotatable bonds is 5. The summed E-state index contributed by atoms with van der Waals surface area (Å²) in [6.45, 7) is 3.16. The van der Waals surface area contributed by atoms with Crippen LogP contribution in [0.5, 0.6) is 17.2 Å². The molecule has 3 aromatic rings. The van der Waals surface area contributed by atoms with Crippen LogP contribution >= 0.6 is 0 Å². The first-order chi connectivity index (χ1) is 14.3. The lowest BCUT2D eigenvalue weighted by atomic mass is 10.0. The Morgan fingerprint density at radius 3 is 2.72 bits per heavy atom. The fourth-order valence-corrected chi connectivity index (χ4v) is 3.93. The van der Waals surface area contributed by atoms with Crippen LogP contribution in [-0.2, 0) is 6.54 Å². The van der Waals surface area contributed by atoms with Gasteiger partial charge in [0.05, 0.1) is 25.0 Å². The van der Waals surface area contributed by atoms with Crippen LogP contribution in [0.15, 0.2) is 42.7 Å². The zero-order valence-electron chi connectivity index (χ0n) is 16.3. The van der Waals surface area contributed by atoms with Gasteiger partial charge in [-0.05, 0) is 31.0 Å². The Morgan fingerprint density at radius 2 is 1.97 bits per heavy atom. The molecule has 1 aromatic carbocycles. The van der Waals surface area contributed by atoms with E-state index in [1.165, 1.54) is 0 Å². The van der Waals surface area contributed by atoms with Gasteiger partial charge in [-0.2, -0.15) is 0 Å². The topological polar surface area (TPSA) is 74.5 Å². The van der Waals surface area contributed by atoms with Gasteiger partial charge in [0, 0.05) is 37.5 Å². The maximum Gasteiger partial charge on any atom is 0.231 e. The van der Waals surface area contributed by atoms with Gasteiger partial charge in [0.25, 0.3) is 0 Å². The van der Waals surface area contributed by atoms with E-state index in [0.717, 1.165) is 49.4 Å². The fourth-order valence-electron chi connectivity index (χ4n) is 3.93. The number of likely N-dealkylation sites (tertiary alicyclic amines) is 1. The third-order valence-corrected chi connectivity index (χ3v) is 5.52. The minimum Gasteiger partial charge on any atom is -0.496 e. The molecule has 5 rings (SSSR count). The average Bonchev–Trinajstić information content (AvgIpc) is 3.43. The molecule has 4 heterocycles. The first-order valence-electron chi connectivity index (χ1n) is 9.82. The highest BCUT2D eigenvalue weighted by molar-refractivity contribution is 5.71. The summed E-state index contributed by atoms with van der Waals surface area (Å²) >= 11 is 0. The van der Waals surface area contributed by atoms with E-state index in [9.17, 15) is 0 Å². The monoisotopic (exact) mass is 393 g/mol. The van der Waals surface area contributed by atoms with Crippen LogP contribution < -0.4 is 14.2 Å². The Labute approximate surface area is 169 Å². The van der Waals surface area contributed by atoms with Crippen molar-refractivity contribution in [1.29, 1.82) is 0 Å². The Kier molecular flexibility index (Phi) is 4.77. The van der Waals surface area contributed by atoms with Gasteiger partial charge in [-0.3, -0.25) is 9.88 Å². The summed E-state index contributed by atoms with van der Waals surface area (Å²) in [5.41, 5.74) is 2.75. The molecule has 2 aliphatic heterocycles. The van der Waals surface area contributed by atoms with E-state index >= 15 is 0 Å². The lowest BCUT2D eigenvalue weighted by Gasteiger charge is -2.31. The van der Waals surface area contributed by atoms with Crippen molar-refractivity contribution in [3.63, 3.8) is 0 Å². The molecule has 0 aliphatic carbocycles. The second-order valence-corrected chi connectivity index (χ2v) is 7.32. The van der Waals surface area contributed by atoms with E-state index in [4.69, 9.17) is 14.2 Å². The summed E-state index contributed by atoms with van der Waals surface area (Å²) in [5.74, 6) is 2.10. The first kappa shape index (κ1) is 17.9. The van der Waals surface area contributed by atoms with E-state index in [2.05, 4.69) is 26.3 Å². The number of aromatic nitrogens is 4. The average molecular weight is 393 g/mol. The molecule has 8 nitrogen and oxygen atoms in total. The molecular weight excluding hydrogens is 370 g/mol. The van der Waals surface area contributed by atoms with Crippen molar-refractivity contribution in [2.75, 3.05) is 27.0 Å². The molecule has 0 atom stereocenters. The highest BCUT2D eigenvalue weighted by Crippen LogP contribution is 2.42. The van der Waals surface area contributed by atoms with Gasteiger partial charge in [-0.1, -0.05) is 11.3 Å². The van der Waals surface area contributed by atoms with Gasteiger partial charge in [0.2, 0.25) is 6.79 Å². The molecule has 2 aromatic heterocycles. The molecule has 1 saturated heterocycles. The van der Waals surface area contributed by atoms with Gasteiger partial charge >= 0.3 is 0 Å². The number of piperidine rings is 1. The predicted molar refractivity (Wildman–Crippen MR) is 106 cm³/mol. The zero-order valence-corrected chi connectivity index (χ0v) is 16.3. The summed E-state index contributed by atoms with van der Waals surface area (Å²) in [6, 6.07) is 10.2. The maximum atomic E-state index is 5.53. The molecule has 0 spiro atoms. The van der Waals surface area contributed by atoms with Crippen molar-refractivity contribution in [1.82, 2.24) is 24.9 Å². The lowest BCUT2D eigenvalue weighted by molar-refractivity contribution is 0.170. The van der Waals surface area contributed by atoms with Crippen molar-refractivity contribution < 1.29 is 14.2 Å². The highest BCUT2D eigenvalue weighted by atomic mass is 16.7. The van der Waals surface area contributed by atoms with E-state index in [1.54, 1.807) is 7.11 Å². The van der Waals surface area contributed by atoms with E-state index in [0.29, 0.717) is 23.3 Å². The molecule has 29 heavy (non-hydrogen) atoms. The molecule has 1 fully saturated rings. The number of methoxy groups -OCH3 is 1. The molecule has 0 unspecified atom stereocenters. The summed E-state index contributed by atoms with van der Waals surface area (Å²) in [5, 5.41) is 8.80. The van der Waals surface area contributed by atoms with Crippen LogP contribution in [0.25, 0.3) is 11.3 Å². The van der Waals surface area contributed by atoms with Gasteiger partial charge in [-0.25, -0.2) is 4.68 Å². The Hall–Kier alpha value is -3.13. The van der Waals surface area contributed by atoms with E-state index < -0.39 is 0 Å². The molecule has 2 aliphatic rings. The first-order valence-corrected chi connectivity index (χ1v) is 9.82. The Balaban J connectivity index is 1.28. The molecule has 0 radical (unpaired) electrons. The van der Waals surface area contributed by atoms with Gasteiger partial charge < -0.3 is 14.2 Å². The molecule has 0 saturated carbocycles. The smallest absolute Gasteiger partial charge is 0.231 e. The number of pyridine rings is 1. The van der Waals surface area contributed by atoms with Crippen molar-refractivity contribution in [3.8, 4) is 28.5 Å². The van der Waals surface area contributed by atoms with Crippen LogP contribution in [0.1, 0.15) is 24.6 Å². The molecular formula is C21H23N5O3. The number of hydrogen-bond acceptors (Lipinski definition) is 7. The standard InChI is InChI=1S/C21H23N5O3/c1-27-19-11-21-20(28-14-29-21)10-17(19)18-13-26(24-23-18)16-5-8-25(9-6-16)12-15-4-2-3-7-22-15/h2-4,7,10-11,13,16H,5-6,8-9,12,14H2,1H3. The predicted octanol–water partition coefficient (Wildman–Crippen LogP) is 2.91. The molecule has 0 amide bonds. The van der Waals surface area contributed by atoms with Crippen molar-refractivity contribution in [2.24, 2.45) is 0 Å². The van der Waals surface area contributed by atoms with E-state index in [-0.39, 0.29) is 6.79 Å². The van der Waals surface area contributed by atoms with Crippen LogP contribution in [-0.4, -0.2) is 51.9 Å². The minimum atomic E-state index is 0.228. The van der Waals surface area contributed by atoms with Crippen LogP contribution in [0.4, 0.5) is 0 Å². The molecule has 8 heteroatoms. The van der Waals surface area contributed by atoms with Crippen LogP contribution in [0.3, 0.4) is 0 Å². The number of fused-ring (bicyclic) bond motifs is 1. The molecule has 0 bridgehead atoms. The number of benzene rings is 1. The largest absolute Gasteiger partial charge is 0.496 e. The summed E-state index contributed by atoms with van der Waals surface area (Å²) in [4.78, 5) is 6.87. The maximum absolute atomic E-state index is 5.53. The Morgan fingerprint density at radius 1 is 1.14 bits per heavy atom. The van der Waals surface area contributed by atoms with Gasteiger partial charge in [-0.15, -0.1) is 5.10 Å². The highest BCUT2D eigenvalue weighted by Gasteiger charge is 2.24. The van der Waals surface area contributed by atoms with Crippen molar-refractivity contribution in [3.05, 3.63) is 48.4 Å². The third-order valence-electron chi connectivity index (χ3n) is 5.52. The molecule has 150 valence electrons. The summed E-state index contributed by atoms with van der Waals surface area (Å²) in [7, 11) is 1.64. The fraction of sp³-hybridized carbons (Fsp3) is 0.381. The normalized spacial score (nSPS) is 16.9. The number of hydrogen-bond donors (Lipinski definition) is 0. The minimum absolute atomic E-state index is 0.228. The quantitative estimate of drug-likeness (QED) is 0.660. The summed E-state index contributed by atoms with van der Waals surface area (Å²) in [6.07, 6.45) is 5.92. The lowest BCUT2D eigenvalue weighted by Crippen LogP contribution is -2.34. The summed E-state index contributed by atoms with van der Waals surface area (Å²) < 4.78 is 18.4. The van der Waals surface area contributed by atoms with Crippen molar-refractivity contribution >= 4 is 0 Å².